The number of amides is 1. The second-order valence-electron chi connectivity index (χ2n) is 6.85. The molecule has 2 aromatic rings. The summed E-state index contributed by atoms with van der Waals surface area (Å²) >= 11 is 6.23. The lowest BCUT2D eigenvalue weighted by Crippen LogP contribution is -2.36. The Morgan fingerprint density at radius 3 is 2.56 bits per heavy atom. The average molecular weight is 386 g/mol. The predicted octanol–water partition coefficient (Wildman–Crippen LogP) is 3.98. The van der Waals surface area contributed by atoms with Crippen molar-refractivity contribution in [2.75, 3.05) is 13.2 Å². The first-order valence-electron chi connectivity index (χ1n) is 9.32. The summed E-state index contributed by atoms with van der Waals surface area (Å²) in [5.74, 6) is -0.616. The molecular weight excluding hydrogens is 362 g/mol. The molecule has 0 saturated heterocycles. The normalized spacial score (nSPS) is 19.2. The van der Waals surface area contributed by atoms with Crippen LogP contribution in [0, 0.1) is 11.8 Å². The zero-order valence-electron chi connectivity index (χ0n) is 15.4. The van der Waals surface area contributed by atoms with Crippen molar-refractivity contribution in [3.8, 4) is 0 Å². The van der Waals surface area contributed by atoms with Gasteiger partial charge < -0.3 is 10.1 Å². The fourth-order valence-corrected chi connectivity index (χ4v) is 3.63. The van der Waals surface area contributed by atoms with E-state index in [0.717, 1.165) is 17.5 Å². The zero-order valence-corrected chi connectivity index (χ0v) is 16.1. The Morgan fingerprint density at radius 2 is 1.85 bits per heavy atom. The Morgan fingerprint density at radius 1 is 1.15 bits per heavy atom. The third kappa shape index (κ3) is 5.10. The molecule has 0 radical (unpaired) electrons. The summed E-state index contributed by atoms with van der Waals surface area (Å²) in [5, 5.41) is 3.64. The highest BCUT2D eigenvalue weighted by molar-refractivity contribution is 6.31. The van der Waals surface area contributed by atoms with Gasteiger partial charge >= 0.3 is 5.97 Å². The summed E-state index contributed by atoms with van der Waals surface area (Å²) in [4.78, 5) is 24.8. The van der Waals surface area contributed by atoms with Gasteiger partial charge in [0.25, 0.3) is 0 Å². The van der Waals surface area contributed by atoms with E-state index < -0.39 is 5.92 Å². The lowest BCUT2D eigenvalue weighted by atomic mass is 9.99. The summed E-state index contributed by atoms with van der Waals surface area (Å²) in [6, 6.07) is 17.4. The molecule has 27 heavy (non-hydrogen) atoms. The second-order valence-corrected chi connectivity index (χ2v) is 7.26. The topological polar surface area (TPSA) is 55.4 Å². The minimum Gasteiger partial charge on any atom is -0.466 e. The molecule has 0 aliphatic heterocycles. The number of halogens is 1. The quantitative estimate of drug-likeness (QED) is 0.699. The number of hydrogen-bond acceptors (Lipinski definition) is 3. The average Bonchev–Trinajstić information content (AvgIpc) is 3.47. The minimum absolute atomic E-state index is 0.0257. The van der Waals surface area contributed by atoms with Crippen LogP contribution in [0.25, 0.3) is 0 Å². The van der Waals surface area contributed by atoms with Crippen molar-refractivity contribution in [2.45, 2.75) is 25.7 Å². The van der Waals surface area contributed by atoms with Gasteiger partial charge in [0.1, 0.15) is 0 Å². The summed E-state index contributed by atoms with van der Waals surface area (Å²) < 4.78 is 5.18. The lowest BCUT2D eigenvalue weighted by molar-refractivity contribution is -0.147. The van der Waals surface area contributed by atoms with Gasteiger partial charge in [0.05, 0.1) is 12.5 Å². The Kier molecular flexibility index (Phi) is 6.51. The number of rotatable bonds is 8. The first-order valence-corrected chi connectivity index (χ1v) is 9.70. The van der Waals surface area contributed by atoms with E-state index >= 15 is 0 Å². The van der Waals surface area contributed by atoms with Gasteiger partial charge in [-0.2, -0.15) is 0 Å². The highest BCUT2D eigenvalue weighted by atomic mass is 35.5. The van der Waals surface area contributed by atoms with Crippen molar-refractivity contribution in [1.29, 1.82) is 0 Å². The summed E-state index contributed by atoms with van der Waals surface area (Å²) in [6.45, 7) is 2.39. The summed E-state index contributed by atoms with van der Waals surface area (Å²) in [5.41, 5.74) is 2.07. The van der Waals surface area contributed by atoms with Crippen LogP contribution < -0.4 is 5.32 Å². The van der Waals surface area contributed by atoms with Crippen molar-refractivity contribution in [3.63, 3.8) is 0 Å². The molecule has 0 aromatic heterocycles. The monoisotopic (exact) mass is 385 g/mol. The number of carbonyl (C=O) groups is 2. The summed E-state index contributed by atoms with van der Waals surface area (Å²) in [7, 11) is 0. The fraction of sp³-hybridized carbons (Fsp3) is 0.364. The minimum atomic E-state index is -0.395. The largest absolute Gasteiger partial charge is 0.466 e. The maximum atomic E-state index is 12.5. The zero-order chi connectivity index (χ0) is 19.2. The maximum absolute atomic E-state index is 12.5. The van der Waals surface area contributed by atoms with Gasteiger partial charge in [0, 0.05) is 17.5 Å². The first-order chi connectivity index (χ1) is 13.1. The number of esters is 1. The van der Waals surface area contributed by atoms with Crippen LogP contribution in [0.3, 0.4) is 0 Å². The van der Waals surface area contributed by atoms with Crippen molar-refractivity contribution in [2.24, 2.45) is 11.8 Å². The SMILES string of the molecule is CCOC(=O)C(CNC(=O)C1CC1c1ccccc1Cl)Cc1ccccc1. The van der Waals surface area contributed by atoms with Gasteiger partial charge in [-0.3, -0.25) is 9.59 Å². The summed E-state index contributed by atoms with van der Waals surface area (Å²) in [6.07, 6.45) is 1.33. The molecule has 0 heterocycles. The van der Waals surface area contributed by atoms with E-state index in [2.05, 4.69) is 5.32 Å². The maximum Gasteiger partial charge on any atom is 0.311 e. The van der Waals surface area contributed by atoms with Crippen molar-refractivity contribution in [3.05, 3.63) is 70.7 Å². The lowest BCUT2D eigenvalue weighted by Gasteiger charge is -2.16. The third-order valence-corrected chi connectivity index (χ3v) is 5.24. The number of benzene rings is 2. The van der Waals surface area contributed by atoms with E-state index in [1.54, 1.807) is 6.92 Å². The predicted molar refractivity (Wildman–Crippen MR) is 106 cm³/mol. The molecule has 0 spiro atoms. The second kappa shape index (κ2) is 9.05. The molecule has 1 N–H and O–H groups in total. The Bertz CT molecular complexity index is 793. The van der Waals surface area contributed by atoms with E-state index in [-0.39, 0.29) is 30.3 Å². The molecule has 1 aliphatic rings. The van der Waals surface area contributed by atoms with E-state index in [9.17, 15) is 9.59 Å². The number of ether oxygens (including phenoxy) is 1. The molecule has 1 fully saturated rings. The van der Waals surface area contributed by atoms with E-state index in [4.69, 9.17) is 16.3 Å². The van der Waals surface area contributed by atoms with Gasteiger partial charge in [0.2, 0.25) is 5.91 Å². The van der Waals surface area contributed by atoms with E-state index in [0.29, 0.717) is 18.1 Å². The molecule has 2 aromatic carbocycles. The standard InChI is InChI=1S/C22H24ClNO3/c1-2-27-22(26)16(12-15-8-4-3-5-9-15)14-24-21(25)19-13-18(19)17-10-6-7-11-20(17)23/h3-11,16,18-19H,2,12-14H2,1H3,(H,24,25). The molecule has 1 amide bonds. The van der Waals surface area contributed by atoms with Crippen LogP contribution in [0.2, 0.25) is 5.02 Å². The van der Waals surface area contributed by atoms with Gasteiger partial charge in [-0.05, 0) is 42.9 Å². The fourth-order valence-electron chi connectivity index (χ4n) is 3.36. The van der Waals surface area contributed by atoms with Crippen LogP contribution in [0.4, 0.5) is 0 Å². The molecule has 4 nitrogen and oxygen atoms in total. The van der Waals surface area contributed by atoms with Crippen molar-refractivity contribution in [1.82, 2.24) is 5.32 Å². The Hall–Kier alpha value is -2.33. The van der Waals surface area contributed by atoms with Gasteiger partial charge in [-0.25, -0.2) is 0 Å². The number of carbonyl (C=O) groups excluding carboxylic acids is 2. The van der Waals surface area contributed by atoms with E-state index in [1.165, 1.54) is 0 Å². The van der Waals surface area contributed by atoms with Crippen LogP contribution in [-0.4, -0.2) is 25.0 Å². The van der Waals surface area contributed by atoms with E-state index in [1.807, 2.05) is 54.6 Å². The van der Waals surface area contributed by atoms with Gasteiger partial charge in [0.15, 0.2) is 0 Å². The molecule has 1 aliphatic carbocycles. The highest BCUT2D eigenvalue weighted by Gasteiger charge is 2.44. The molecular formula is C22H24ClNO3. The van der Waals surface area contributed by atoms with Crippen LogP contribution in [0.1, 0.15) is 30.4 Å². The Labute approximate surface area is 164 Å². The molecule has 3 unspecified atom stereocenters. The van der Waals surface area contributed by atoms with Gasteiger partial charge in [-0.15, -0.1) is 0 Å². The smallest absolute Gasteiger partial charge is 0.311 e. The van der Waals surface area contributed by atoms with Crippen molar-refractivity contribution >= 4 is 23.5 Å². The molecule has 1 saturated carbocycles. The van der Waals surface area contributed by atoms with Crippen LogP contribution >= 0.6 is 11.6 Å². The number of hydrogen-bond donors (Lipinski definition) is 1. The van der Waals surface area contributed by atoms with Crippen LogP contribution in [-0.2, 0) is 20.7 Å². The highest BCUT2D eigenvalue weighted by Crippen LogP contribution is 2.49. The molecule has 3 rings (SSSR count). The van der Waals surface area contributed by atoms with Crippen molar-refractivity contribution < 1.29 is 14.3 Å². The molecule has 5 heteroatoms. The van der Waals surface area contributed by atoms with Crippen LogP contribution in [0.15, 0.2) is 54.6 Å². The van der Waals surface area contributed by atoms with Gasteiger partial charge in [-0.1, -0.05) is 60.1 Å². The Balaban J connectivity index is 1.57. The first kappa shape index (κ1) is 19.4. The van der Waals surface area contributed by atoms with Crippen LogP contribution in [0.5, 0.6) is 0 Å². The number of nitrogens with one attached hydrogen (secondary N) is 1. The molecule has 0 bridgehead atoms. The molecule has 3 atom stereocenters. The molecule has 142 valence electrons. The third-order valence-electron chi connectivity index (χ3n) is 4.90.